The normalized spacial score (nSPS) is 29.1. The van der Waals surface area contributed by atoms with E-state index in [9.17, 15) is 9.90 Å². The lowest BCUT2D eigenvalue weighted by molar-refractivity contribution is -0.171. The van der Waals surface area contributed by atoms with E-state index in [0.717, 1.165) is 51.4 Å². The molecule has 5 atom stereocenters. The van der Waals surface area contributed by atoms with Crippen LogP contribution >= 0.6 is 9.47 Å². The third kappa shape index (κ3) is 7.91. The molecule has 168 valence electrons. The molecule has 29 heavy (non-hydrogen) atoms. The molecule has 0 spiro atoms. The molecular formula is C22H39O6P. The smallest absolute Gasteiger partial charge is 0.327 e. The van der Waals surface area contributed by atoms with Crippen LogP contribution in [0.2, 0.25) is 0 Å². The summed E-state index contributed by atoms with van der Waals surface area (Å²) in [4.78, 5) is 10.5. The molecule has 1 saturated carbocycles. The molecule has 0 aromatic rings. The van der Waals surface area contributed by atoms with Crippen LogP contribution in [0.4, 0.5) is 0 Å². The van der Waals surface area contributed by atoms with Gasteiger partial charge in [0.25, 0.3) is 0 Å². The Kier molecular flexibility index (Phi) is 11.1. The minimum Gasteiger partial charge on any atom is -0.478 e. The summed E-state index contributed by atoms with van der Waals surface area (Å²) in [7, 11) is 2.37. The van der Waals surface area contributed by atoms with Gasteiger partial charge in [-0.2, -0.15) is 0 Å². The number of aliphatic hydroxyl groups excluding tert-OH is 1. The molecule has 0 aromatic carbocycles. The van der Waals surface area contributed by atoms with Gasteiger partial charge in [-0.05, 0) is 43.9 Å². The van der Waals surface area contributed by atoms with E-state index in [2.05, 4.69) is 16.4 Å². The maximum Gasteiger partial charge on any atom is 0.327 e. The number of aliphatic carboxylic acids is 1. The molecule has 6 nitrogen and oxygen atoms in total. The summed E-state index contributed by atoms with van der Waals surface area (Å²) >= 11 is 0. The average Bonchev–Trinajstić information content (AvgIpc) is 3.28. The number of ether oxygens (including phenoxy) is 2. The van der Waals surface area contributed by atoms with Crippen molar-refractivity contribution >= 4 is 15.4 Å². The Morgan fingerprint density at radius 2 is 1.90 bits per heavy atom. The second kappa shape index (κ2) is 13.0. The number of carboxylic acids is 1. The van der Waals surface area contributed by atoms with Crippen LogP contribution in [0.3, 0.4) is 0 Å². The van der Waals surface area contributed by atoms with Gasteiger partial charge in [0, 0.05) is 34.8 Å². The highest BCUT2D eigenvalue weighted by molar-refractivity contribution is 7.09. The fraction of sp³-hybridized carbons (Fsp3) is 0.864. The van der Waals surface area contributed by atoms with Gasteiger partial charge in [0.05, 0.1) is 25.4 Å². The van der Waals surface area contributed by atoms with Crippen LogP contribution in [0, 0.1) is 11.8 Å². The fourth-order valence-electron chi connectivity index (χ4n) is 4.88. The second-order valence-corrected chi connectivity index (χ2v) is 8.71. The Morgan fingerprint density at radius 1 is 1.14 bits per heavy atom. The molecule has 0 radical (unpaired) electrons. The van der Waals surface area contributed by atoms with Gasteiger partial charge in [-0.1, -0.05) is 32.3 Å². The number of hydrogen-bond acceptors (Lipinski definition) is 5. The Morgan fingerprint density at radius 3 is 2.55 bits per heavy atom. The molecule has 0 bridgehead atoms. The second-order valence-electron chi connectivity index (χ2n) is 8.43. The maximum absolute atomic E-state index is 10.6. The number of carboxylic acid groups (broad SMARTS) is 1. The summed E-state index contributed by atoms with van der Waals surface area (Å²) in [5.41, 5.74) is 0. The molecule has 1 heterocycles. The summed E-state index contributed by atoms with van der Waals surface area (Å²) < 4.78 is 17.7. The van der Waals surface area contributed by atoms with Gasteiger partial charge in [-0.25, -0.2) is 4.79 Å². The Labute approximate surface area is 177 Å². The van der Waals surface area contributed by atoms with Gasteiger partial charge in [-0.15, -0.1) is 0 Å². The van der Waals surface area contributed by atoms with Crippen LogP contribution in [-0.2, 0) is 18.8 Å². The van der Waals surface area contributed by atoms with Gasteiger partial charge in [0.15, 0.2) is 5.79 Å². The SMILES string of the molecule is CCCCCC1(CC[C@H]2C(OP)CC(O)C2CCCC/C=C/C(=O)O)OCCO1. The Balaban J connectivity index is 1.87. The first-order valence-corrected chi connectivity index (χ1v) is 11.7. The molecular weight excluding hydrogens is 391 g/mol. The lowest BCUT2D eigenvalue weighted by Gasteiger charge is -2.31. The largest absolute Gasteiger partial charge is 0.478 e. The average molecular weight is 431 g/mol. The highest BCUT2D eigenvalue weighted by Gasteiger charge is 2.44. The zero-order chi connectivity index (χ0) is 21.1. The third-order valence-corrected chi connectivity index (χ3v) is 6.77. The first kappa shape index (κ1) is 24.7. The fourth-order valence-corrected chi connectivity index (χ4v) is 5.19. The summed E-state index contributed by atoms with van der Waals surface area (Å²) in [5, 5.41) is 19.3. The van der Waals surface area contributed by atoms with Crippen molar-refractivity contribution in [2.75, 3.05) is 13.2 Å². The highest BCUT2D eigenvalue weighted by Crippen LogP contribution is 2.43. The first-order valence-electron chi connectivity index (χ1n) is 11.2. The standard InChI is InChI=1S/C22H39O6P/c1-2-3-8-12-22(26-14-15-27-22)13-11-18-17(19(23)16-20(18)28-29)9-6-4-5-7-10-21(24)25/h7,10,17-20,23H,2-6,8-9,11-16,29H2,1H3,(H,24,25)/b10-7+/t17?,18-,19?,20?/m1/s1. The topological polar surface area (TPSA) is 85.2 Å². The van der Waals surface area contributed by atoms with Crippen molar-refractivity contribution in [1.82, 2.24) is 0 Å². The van der Waals surface area contributed by atoms with Crippen molar-refractivity contribution < 1.29 is 29.0 Å². The predicted octanol–water partition coefficient (Wildman–Crippen LogP) is 4.46. The van der Waals surface area contributed by atoms with Gasteiger partial charge in [0.2, 0.25) is 0 Å². The van der Waals surface area contributed by atoms with Crippen LogP contribution in [0.15, 0.2) is 12.2 Å². The van der Waals surface area contributed by atoms with E-state index >= 15 is 0 Å². The summed E-state index contributed by atoms with van der Waals surface area (Å²) in [5.74, 6) is -0.868. The molecule has 2 rings (SSSR count). The number of allylic oxidation sites excluding steroid dienone is 1. The Bertz CT molecular complexity index is 506. The molecule has 2 aliphatic rings. The monoisotopic (exact) mass is 430 g/mol. The van der Waals surface area contributed by atoms with Crippen molar-refractivity contribution in [2.45, 2.75) is 95.5 Å². The summed E-state index contributed by atoms with van der Waals surface area (Å²) in [6.07, 6.45) is 13.0. The van der Waals surface area contributed by atoms with Crippen molar-refractivity contribution in [3.63, 3.8) is 0 Å². The quantitative estimate of drug-likeness (QED) is 0.240. The third-order valence-electron chi connectivity index (χ3n) is 6.42. The highest BCUT2D eigenvalue weighted by atomic mass is 31.0. The van der Waals surface area contributed by atoms with Crippen molar-refractivity contribution in [3.8, 4) is 0 Å². The molecule has 7 heteroatoms. The molecule has 1 aliphatic carbocycles. The molecule has 0 amide bonds. The number of carbonyl (C=O) groups is 1. The lowest BCUT2D eigenvalue weighted by atomic mass is 9.84. The van der Waals surface area contributed by atoms with Crippen LogP contribution in [0.5, 0.6) is 0 Å². The summed E-state index contributed by atoms with van der Waals surface area (Å²) in [6.45, 7) is 3.53. The number of aliphatic hydroxyl groups is 1. The zero-order valence-electron chi connectivity index (χ0n) is 17.8. The van der Waals surface area contributed by atoms with Crippen LogP contribution < -0.4 is 0 Å². The maximum atomic E-state index is 10.6. The van der Waals surface area contributed by atoms with Crippen LogP contribution in [0.1, 0.15) is 77.6 Å². The Hall–Kier alpha value is -0.520. The van der Waals surface area contributed by atoms with E-state index in [4.69, 9.17) is 19.1 Å². The van der Waals surface area contributed by atoms with Gasteiger partial charge in [0.1, 0.15) is 0 Å². The van der Waals surface area contributed by atoms with Gasteiger partial charge < -0.3 is 24.2 Å². The molecule has 0 aromatic heterocycles. The van der Waals surface area contributed by atoms with E-state index in [0.29, 0.717) is 19.6 Å². The van der Waals surface area contributed by atoms with Crippen molar-refractivity contribution in [1.29, 1.82) is 0 Å². The number of hydrogen-bond donors (Lipinski definition) is 2. The van der Waals surface area contributed by atoms with E-state index in [-0.39, 0.29) is 24.0 Å². The lowest BCUT2D eigenvalue weighted by Crippen LogP contribution is -2.33. The van der Waals surface area contributed by atoms with Crippen LogP contribution in [-0.4, -0.2) is 47.4 Å². The molecule has 1 saturated heterocycles. The zero-order valence-corrected chi connectivity index (χ0v) is 18.9. The number of rotatable bonds is 14. The van der Waals surface area contributed by atoms with Gasteiger partial charge in [-0.3, -0.25) is 0 Å². The minimum absolute atomic E-state index is 0.0426. The predicted molar refractivity (Wildman–Crippen MR) is 115 cm³/mol. The molecule has 4 unspecified atom stereocenters. The van der Waals surface area contributed by atoms with Crippen molar-refractivity contribution in [3.05, 3.63) is 12.2 Å². The molecule has 1 aliphatic heterocycles. The van der Waals surface area contributed by atoms with E-state index in [1.54, 1.807) is 6.08 Å². The van der Waals surface area contributed by atoms with E-state index < -0.39 is 11.8 Å². The van der Waals surface area contributed by atoms with Crippen molar-refractivity contribution in [2.24, 2.45) is 11.8 Å². The first-order chi connectivity index (χ1) is 14.0. The minimum atomic E-state index is -0.902. The van der Waals surface area contributed by atoms with E-state index in [1.807, 2.05) is 0 Å². The van der Waals surface area contributed by atoms with E-state index in [1.165, 1.54) is 18.9 Å². The molecule has 2 N–H and O–H groups in total. The summed E-state index contributed by atoms with van der Waals surface area (Å²) in [6, 6.07) is 0. The number of unbranched alkanes of at least 4 members (excludes halogenated alkanes) is 4. The van der Waals surface area contributed by atoms with Crippen LogP contribution in [0.25, 0.3) is 0 Å². The molecule has 2 fully saturated rings. The van der Waals surface area contributed by atoms with Gasteiger partial charge >= 0.3 is 5.97 Å².